The number of rotatable bonds is 2. The predicted octanol–water partition coefficient (Wildman–Crippen LogP) is 2.82. The molecule has 2 aliphatic rings. The van der Waals surface area contributed by atoms with Gasteiger partial charge in [0.05, 0.1) is 19.3 Å². The molecule has 1 aliphatic heterocycles. The van der Waals surface area contributed by atoms with E-state index >= 15 is 0 Å². The van der Waals surface area contributed by atoms with Crippen molar-refractivity contribution in [1.82, 2.24) is 0 Å². The van der Waals surface area contributed by atoms with E-state index in [2.05, 4.69) is 6.58 Å². The molecule has 0 bridgehead atoms. The molecule has 1 N–H and O–H groups in total. The van der Waals surface area contributed by atoms with Gasteiger partial charge in [0.1, 0.15) is 0 Å². The van der Waals surface area contributed by atoms with Crippen LogP contribution in [-0.2, 0) is 9.47 Å². The molecule has 1 saturated heterocycles. The number of hydrogen-bond donors (Lipinski definition) is 1. The molecule has 2 fully saturated rings. The van der Waals surface area contributed by atoms with Crippen molar-refractivity contribution in [2.24, 2.45) is 5.92 Å². The van der Waals surface area contributed by atoms with Gasteiger partial charge in [0.25, 0.3) is 0 Å². The summed E-state index contributed by atoms with van der Waals surface area (Å²) in [6, 6.07) is 9.76. The Morgan fingerprint density at radius 2 is 1.89 bits per heavy atom. The van der Waals surface area contributed by atoms with E-state index in [4.69, 9.17) is 9.47 Å². The second kappa shape index (κ2) is 5.08. The average molecular weight is 260 g/mol. The fourth-order valence-corrected chi connectivity index (χ4v) is 3.19. The lowest BCUT2D eigenvalue weighted by atomic mass is 9.76. The molecule has 3 heteroatoms. The molecule has 0 amide bonds. The van der Waals surface area contributed by atoms with Gasteiger partial charge in [0.15, 0.2) is 5.79 Å². The normalized spacial score (nSPS) is 27.6. The molecule has 102 valence electrons. The Labute approximate surface area is 113 Å². The van der Waals surface area contributed by atoms with Crippen LogP contribution in [0.2, 0.25) is 0 Å². The highest BCUT2D eigenvalue weighted by atomic mass is 16.7. The molecule has 0 unspecified atom stereocenters. The fraction of sp³-hybridized carbons (Fsp3) is 0.500. The molecule has 2 atom stereocenters. The zero-order valence-electron chi connectivity index (χ0n) is 11.0. The summed E-state index contributed by atoms with van der Waals surface area (Å²) in [6.07, 6.45) is 2.25. The van der Waals surface area contributed by atoms with Crippen LogP contribution in [0.3, 0.4) is 0 Å². The maximum Gasteiger partial charge on any atom is 0.191 e. The van der Waals surface area contributed by atoms with Crippen LogP contribution in [0.4, 0.5) is 0 Å². The summed E-state index contributed by atoms with van der Waals surface area (Å²) in [7, 11) is 0. The van der Waals surface area contributed by atoms with E-state index in [-0.39, 0.29) is 5.92 Å². The Morgan fingerprint density at radius 3 is 2.58 bits per heavy atom. The summed E-state index contributed by atoms with van der Waals surface area (Å²) in [5.41, 5.74) is 1.83. The first kappa shape index (κ1) is 12.9. The molecule has 1 spiro atoms. The van der Waals surface area contributed by atoms with Crippen LogP contribution in [0.25, 0.3) is 0 Å². The van der Waals surface area contributed by atoms with E-state index in [0.717, 1.165) is 30.4 Å². The minimum absolute atomic E-state index is 0.00856. The first-order valence-corrected chi connectivity index (χ1v) is 6.93. The van der Waals surface area contributed by atoms with E-state index in [1.54, 1.807) is 0 Å². The highest BCUT2D eigenvalue weighted by Gasteiger charge is 2.46. The smallest absolute Gasteiger partial charge is 0.191 e. The van der Waals surface area contributed by atoms with Crippen molar-refractivity contribution >= 4 is 0 Å². The Kier molecular flexibility index (Phi) is 3.44. The van der Waals surface area contributed by atoms with E-state index in [1.807, 2.05) is 30.3 Å². The van der Waals surface area contributed by atoms with Gasteiger partial charge in [0.2, 0.25) is 0 Å². The van der Waals surface area contributed by atoms with Gasteiger partial charge in [-0.25, -0.2) is 0 Å². The highest BCUT2D eigenvalue weighted by Crippen LogP contribution is 2.46. The Balaban J connectivity index is 1.82. The number of aliphatic hydroxyl groups excluding tert-OH is 1. The Bertz CT molecular complexity index is 448. The van der Waals surface area contributed by atoms with Crippen LogP contribution in [0, 0.1) is 5.92 Å². The maximum atomic E-state index is 10.6. The van der Waals surface area contributed by atoms with Crippen molar-refractivity contribution in [2.45, 2.75) is 31.2 Å². The Morgan fingerprint density at radius 1 is 1.21 bits per heavy atom. The third kappa shape index (κ3) is 2.22. The van der Waals surface area contributed by atoms with Gasteiger partial charge >= 0.3 is 0 Å². The van der Waals surface area contributed by atoms with Gasteiger partial charge in [-0.2, -0.15) is 0 Å². The number of hydrogen-bond acceptors (Lipinski definition) is 3. The van der Waals surface area contributed by atoms with Gasteiger partial charge in [-0.1, -0.05) is 36.9 Å². The second-order valence-corrected chi connectivity index (χ2v) is 5.33. The van der Waals surface area contributed by atoms with Gasteiger partial charge in [-0.05, 0) is 24.0 Å². The van der Waals surface area contributed by atoms with E-state index < -0.39 is 11.9 Å². The molecule has 0 aromatic heterocycles. The van der Waals surface area contributed by atoms with E-state index in [9.17, 15) is 5.11 Å². The third-order valence-corrected chi connectivity index (χ3v) is 4.23. The summed E-state index contributed by atoms with van der Waals surface area (Å²) < 4.78 is 11.6. The molecule has 1 aromatic rings. The monoisotopic (exact) mass is 260 g/mol. The zero-order valence-corrected chi connectivity index (χ0v) is 11.0. The first-order valence-electron chi connectivity index (χ1n) is 6.93. The highest BCUT2D eigenvalue weighted by molar-refractivity contribution is 5.25. The molecular formula is C16H20O3. The lowest BCUT2D eigenvalue weighted by Crippen LogP contribution is -2.40. The molecule has 3 nitrogen and oxygen atoms in total. The van der Waals surface area contributed by atoms with Crippen molar-refractivity contribution < 1.29 is 14.6 Å². The van der Waals surface area contributed by atoms with E-state index in [0.29, 0.717) is 13.2 Å². The summed E-state index contributed by atoms with van der Waals surface area (Å²) in [6.45, 7) is 5.40. The molecular weight excluding hydrogens is 240 g/mol. The van der Waals surface area contributed by atoms with Crippen molar-refractivity contribution in [1.29, 1.82) is 0 Å². The van der Waals surface area contributed by atoms with Crippen LogP contribution < -0.4 is 0 Å². The largest absolute Gasteiger partial charge is 0.388 e. The van der Waals surface area contributed by atoms with Gasteiger partial charge in [-0.3, -0.25) is 0 Å². The second-order valence-electron chi connectivity index (χ2n) is 5.33. The van der Waals surface area contributed by atoms with Crippen LogP contribution in [0.15, 0.2) is 42.5 Å². The van der Waals surface area contributed by atoms with Gasteiger partial charge in [0, 0.05) is 12.3 Å². The Hall–Kier alpha value is -1.16. The molecule has 1 aliphatic carbocycles. The molecule has 1 saturated carbocycles. The third-order valence-electron chi connectivity index (χ3n) is 4.23. The number of ether oxygens (including phenoxy) is 2. The maximum absolute atomic E-state index is 10.6. The molecule has 1 aromatic carbocycles. The number of aliphatic hydroxyl groups is 1. The lowest BCUT2D eigenvalue weighted by molar-refractivity contribution is -0.152. The topological polar surface area (TPSA) is 38.7 Å². The molecule has 3 rings (SSSR count). The van der Waals surface area contributed by atoms with Gasteiger partial charge in [-0.15, -0.1) is 0 Å². The minimum atomic E-state index is -0.640. The minimum Gasteiger partial charge on any atom is -0.388 e. The van der Waals surface area contributed by atoms with Crippen molar-refractivity contribution in [3.8, 4) is 0 Å². The van der Waals surface area contributed by atoms with Gasteiger partial charge < -0.3 is 14.6 Å². The zero-order chi connectivity index (χ0) is 13.3. The average Bonchev–Trinajstić information content (AvgIpc) is 2.92. The molecule has 0 radical (unpaired) electrons. The molecule has 19 heavy (non-hydrogen) atoms. The van der Waals surface area contributed by atoms with Crippen molar-refractivity contribution in [2.75, 3.05) is 13.2 Å². The summed E-state index contributed by atoms with van der Waals surface area (Å²) >= 11 is 0. The molecule has 1 heterocycles. The van der Waals surface area contributed by atoms with Crippen LogP contribution in [0.5, 0.6) is 0 Å². The predicted molar refractivity (Wildman–Crippen MR) is 72.5 cm³/mol. The van der Waals surface area contributed by atoms with Crippen molar-refractivity contribution in [3.05, 3.63) is 48.0 Å². The lowest BCUT2D eigenvalue weighted by Gasteiger charge is -2.40. The number of benzene rings is 1. The van der Waals surface area contributed by atoms with Crippen LogP contribution in [0.1, 0.15) is 30.9 Å². The standard InChI is InChI=1S/C16H20O3/c1-12-14(15(17)13-6-3-2-4-7-13)8-5-9-16(12)18-10-11-19-16/h2-4,6-7,14-15,17H,1,5,8-11H2/t14-,15+/m1/s1. The van der Waals surface area contributed by atoms with Crippen LogP contribution in [-0.4, -0.2) is 24.1 Å². The van der Waals surface area contributed by atoms with Crippen LogP contribution >= 0.6 is 0 Å². The summed E-state index contributed by atoms with van der Waals surface area (Å²) in [5.74, 6) is -0.632. The van der Waals surface area contributed by atoms with Crippen molar-refractivity contribution in [3.63, 3.8) is 0 Å². The first-order chi connectivity index (χ1) is 9.23. The summed E-state index contributed by atoms with van der Waals surface area (Å²) in [4.78, 5) is 0. The fourth-order valence-electron chi connectivity index (χ4n) is 3.19. The summed E-state index contributed by atoms with van der Waals surface area (Å²) in [5, 5.41) is 10.6. The quantitative estimate of drug-likeness (QED) is 0.831. The SMILES string of the molecule is C=C1[C@H]([C@@H](O)c2ccccc2)CCCC12OCCO2. The van der Waals surface area contributed by atoms with E-state index in [1.165, 1.54) is 0 Å².